The van der Waals surface area contributed by atoms with E-state index in [9.17, 15) is 14.0 Å². The summed E-state index contributed by atoms with van der Waals surface area (Å²) in [4.78, 5) is 23.2. The molecule has 7 heteroatoms. The number of hydrogen-bond acceptors (Lipinski definition) is 5. The Kier molecular flexibility index (Phi) is 5.95. The number of benzene rings is 1. The van der Waals surface area contributed by atoms with Crippen LogP contribution in [0.25, 0.3) is 0 Å². The third-order valence-corrected chi connectivity index (χ3v) is 3.16. The van der Waals surface area contributed by atoms with Gasteiger partial charge in [0.25, 0.3) is 5.91 Å². The van der Waals surface area contributed by atoms with Gasteiger partial charge in [0.1, 0.15) is 23.9 Å². The van der Waals surface area contributed by atoms with Crippen molar-refractivity contribution >= 4 is 11.9 Å². The van der Waals surface area contributed by atoms with Crippen molar-refractivity contribution < 1.29 is 27.9 Å². The fourth-order valence-electron chi connectivity index (χ4n) is 1.94. The van der Waals surface area contributed by atoms with E-state index in [1.807, 2.05) is 0 Å². The Bertz CT molecular complexity index is 695. The van der Waals surface area contributed by atoms with Crippen molar-refractivity contribution in [1.29, 1.82) is 0 Å². The van der Waals surface area contributed by atoms with Crippen molar-refractivity contribution in [3.8, 4) is 5.75 Å². The molecule has 1 unspecified atom stereocenters. The van der Waals surface area contributed by atoms with Gasteiger partial charge >= 0.3 is 5.97 Å². The van der Waals surface area contributed by atoms with Gasteiger partial charge in [0, 0.05) is 6.04 Å². The number of hydrogen-bond donors (Lipinski definition) is 1. The fraction of sp³-hybridized carbons (Fsp3) is 0.294. The number of furan rings is 1. The van der Waals surface area contributed by atoms with Crippen LogP contribution in [0.3, 0.4) is 0 Å². The second-order valence-electron chi connectivity index (χ2n) is 5.16. The smallest absolute Gasteiger partial charge is 0.307 e. The van der Waals surface area contributed by atoms with Gasteiger partial charge in [-0.2, -0.15) is 0 Å². The molecule has 0 aliphatic carbocycles. The lowest BCUT2D eigenvalue weighted by Gasteiger charge is -2.11. The van der Waals surface area contributed by atoms with Crippen LogP contribution in [0.4, 0.5) is 4.39 Å². The highest BCUT2D eigenvalue weighted by Gasteiger charge is 2.16. The van der Waals surface area contributed by atoms with Crippen molar-refractivity contribution in [2.24, 2.45) is 0 Å². The summed E-state index contributed by atoms with van der Waals surface area (Å²) in [5, 5.41) is 2.64. The Morgan fingerprint density at radius 2 is 1.92 bits per heavy atom. The largest absolute Gasteiger partial charge is 0.486 e. The Balaban J connectivity index is 1.86. The number of ether oxygens (including phenoxy) is 2. The Morgan fingerprint density at radius 3 is 2.58 bits per heavy atom. The molecule has 24 heavy (non-hydrogen) atoms. The van der Waals surface area contributed by atoms with E-state index >= 15 is 0 Å². The molecule has 2 aromatic rings. The van der Waals surface area contributed by atoms with Crippen molar-refractivity contribution in [3.05, 3.63) is 53.7 Å². The number of methoxy groups -OCH3 is 1. The summed E-state index contributed by atoms with van der Waals surface area (Å²) in [5.74, 6) is -0.129. The molecule has 0 aliphatic heterocycles. The van der Waals surface area contributed by atoms with Crippen molar-refractivity contribution in [1.82, 2.24) is 5.32 Å². The second kappa shape index (κ2) is 8.14. The summed E-state index contributed by atoms with van der Waals surface area (Å²) in [6.07, 6.45) is 0.0729. The Labute approximate surface area is 138 Å². The molecule has 0 fully saturated rings. The van der Waals surface area contributed by atoms with Crippen LogP contribution < -0.4 is 10.1 Å². The van der Waals surface area contributed by atoms with Gasteiger partial charge in [0.15, 0.2) is 5.76 Å². The van der Waals surface area contributed by atoms with Crippen LogP contribution in [0.1, 0.15) is 29.7 Å². The molecule has 0 spiro atoms. The molecule has 1 aromatic heterocycles. The molecule has 0 bridgehead atoms. The molecular formula is C17H18FNO5. The molecular weight excluding hydrogens is 317 g/mol. The lowest BCUT2D eigenvalue weighted by atomic mass is 10.2. The lowest BCUT2D eigenvalue weighted by molar-refractivity contribution is -0.141. The van der Waals surface area contributed by atoms with E-state index in [4.69, 9.17) is 9.15 Å². The topological polar surface area (TPSA) is 77.8 Å². The van der Waals surface area contributed by atoms with E-state index in [1.165, 1.54) is 37.4 Å². The van der Waals surface area contributed by atoms with Crippen LogP contribution in [0, 0.1) is 5.82 Å². The summed E-state index contributed by atoms with van der Waals surface area (Å²) in [7, 11) is 1.29. The van der Waals surface area contributed by atoms with E-state index in [1.54, 1.807) is 13.0 Å². The SMILES string of the molecule is COC(=O)CC(C)NC(=O)c1ccc(COc2ccc(F)cc2)o1. The van der Waals surface area contributed by atoms with Crippen molar-refractivity contribution in [3.63, 3.8) is 0 Å². The first-order valence-electron chi connectivity index (χ1n) is 7.32. The fourth-order valence-corrected chi connectivity index (χ4v) is 1.94. The molecule has 1 amide bonds. The van der Waals surface area contributed by atoms with Crippen LogP contribution in [-0.4, -0.2) is 25.0 Å². The lowest BCUT2D eigenvalue weighted by Crippen LogP contribution is -2.34. The number of nitrogens with one attached hydrogen (secondary N) is 1. The molecule has 1 aromatic carbocycles. The van der Waals surface area contributed by atoms with Crippen LogP contribution in [0.15, 0.2) is 40.8 Å². The van der Waals surface area contributed by atoms with Gasteiger partial charge in [0.05, 0.1) is 13.5 Å². The van der Waals surface area contributed by atoms with Gasteiger partial charge in [0.2, 0.25) is 0 Å². The second-order valence-corrected chi connectivity index (χ2v) is 5.16. The van der Waals surface area contributed by atoms with Crippen LogP contribution in [-0.2, 0) is 16.1 Å². The molecule has 0 radical (unpaired) electrons. The van der Waals surface area contributed by atoms with Gasteiger partial charge in [-0.05, 0) is 43.3 Å². The van der Waals surface area contributed by atoms with E-state index in [0.29, 0.717) is 11.5 Å². The number of carbonyl (C=O) groups is 2. The van der Waals surface area contributed by atoms with Gasteiger partial charge in [-0.1, -0.05) is 0 Å². The minimum absolute atomic E-state index is 0.0729. The highest BCUT2D eigenvalue weighted by molar-refractivity contribution is 5.91. The first-order chi connectivity index (χ1) is 11.5. The summed E-state index contributed by atoms with van der Waals surface area (Å²) < 4.78 is 28.2. The van der Waals surface area contributed by atoms with E-state index in [2.05, 4.69) is 10.1 Å². The number of esters is 1. The van der Waals surface area contributed by atoms with Crippen molar-refractivity contribution in [2.75, 3.05) is 7.11 Å². The minimum atomic E-state index is -0.431. The highest BCUT2D eigenvalue weighted by atomic mass is 19.1. The normalized spacial score (nSPS) is 11.6. The predicted octanol–water partition coefficient (Wildman–Crippen LogP) is 2.68. The monoisotopic (exact) mass is 335 g/mol. The molecule has 6 nitrogen and oxygen atoms in total. The quantitative estimate of drug-likeness (QED) is 0.787. The van der Waals surface area contributed by atoms with Crippen LogP contribution >= 0.6 is 0 Å². The predicted molar refractivity (Wildman–Crippen MR) is 83.0 cm³/mol. The first-order valence-corrected chi connectivity index (χ1v) is 7.32. The molecule has 0 saturated heterocycles. The molecule has 1 N–H and O–H groups in total. The zero-order chi connectivity index (χ0) is 17.5. The average molecular weight is 335 g/mol. The number of amides is 1. The Morgan fingerprint density at radius 1 is 1.21 bits per heavy atom. The summed E-state index contributed by atoms with van der Waals surface area (Å²) in [5.41, 5.74) is 0. The van der Waals surface area contributed by atoms with Crippen LogP contribution in [0.5, 0.6) is 5.75 Å². The van der Waals surface area contributed by atoms with Crippen molar-refractivity contribution in [2.45, 2.75) is 26.0 Å². The molecule has 0 aliphatic rings. The van der Waals surface area contributed by atoms with Gasteiger partial charge in [-0.15, -0.1) is 0 Å². The summed E-state index contributed by atoms with van der Waals surface area (Å²) in [6, 6.07) is 8.33. The third kappa shape index (κ3) is 5.12. The Hall–Kier alpha value is -2.83. The van der Waals surface area contributed by atoms with Gasteiger partial charge < -0.3 is 19.2 Å². The maximum absolute atomic E-state index is 12.8. The summed E-state index contributed by atoms with van der Waals surface area (Å²) >= 11 is 0. The standard InChI is InChI=1S/C17H18FNO5/c1-11(9-16(20)22-2)19-17(21)15-8-7-14(24-15)10-23-13-5-3-12(18)4-6-13/h3-8,11H,9-10H2,1-2H3,(H,19,21). The molecule has 1 heterocycles. The minimum Gasteiger partial charge on any atom is -0.486 e. The maximum Gasteiger partial charge on any atom is 0.307 e. The molecule has 0 saturated carbocycles. The van der Waals surface area contributed by atoms with Gasteiger partial charge in [-0.25, -0.2) is 4.39 Å². The number of rotatable bonds is 7. The van der Waals surface area contributed by atoms with E-state index in [-0.39, 0.29) is 30.6 Å². The zero-order valence-corrected chi connectivity index (χ0v) is 13.4. The highest BCUT2D eigenvalue weighted by Crippen LogP contribution is 2.15. The van der Waals surface area contributed by atoms with Gasteiger partial charge in [-0.3, -0.25) is 9.59 Å². The molecule has 2 rings (SSSR count). The van der Waals surface area contributed by atoms with E-state index in [0.717, 1.165) is 0 Å². The number of carbonyl (C=O) groups excluding carboxylic acids is 2. The summed E-state index contributed by atoms with van der Waals surface area (Å²) in [6.45, 7) is 1.80. The molecule has 128 valence electrons. The average Bonchev–Trinajstić information content (AvgIpc) is 3.03. The third-order valence-electron chi connectivity index (χ3n) is 3.16. The first kappa shape index (κ1) is 17.5. The van der Waals surface area contributed by atoms with E-state index < -0.39 is 11.9 Å². The number of halogens is 1. The maximum atomic E-state index is 12.8. The van der Waals surface area contributed by atoms with Crippen LogP contribution in [0.2, 0.25) is 0 Å². The zero-order valence-electron chi connectivity index (χ0n) is 13.4. The molecule has 1 atom stereocenters.